The van der Waals surface area contributed by atoms with Crippen molar-refractivity contribution in [2.45, 2.75) is 33.8 Å². The highest BCUT2D eigenvalue weighted by Gasteiger charge is 2.30. The van der Waals surface area contributed by atoms with E-state index < -0.39 is 6.10 Å². The first kappa shape index (κ1) is 17.0. The maximum absolute atomic E-state index is 12.9. The lowest BCUT2D eigenvalue weighted by molar-refractivity contribution is -0.126. The first-order valence-corrected chi connectivity index (χ1v) is 8.31. The van der Waals surface area contributed by atoms with Gasteiger partial charge in [0.05, 0.1) is 11.4 Å². The van der Waals surface area contributed by atoms with E-state index in [9.17, 15) is 9.59 Å². The van der Waals surface area contributed by atoms with Gasteiger partial charge < -0.3 is 10.1 Å². The average molecular weight is 338 g/mol. The fraction of sp³-hybridized carbons (Fsp3) is 0.300. The number of nitrogens with zero attached hydrogens (tertiary/aromatic N) is 1. The van der Waals surface area contributed by atoms with Gasteiger partial charge in [0.1, 0.15) is 12.3 Å². The molecule has 0 fully saturated rings. The minimum Gasteiger partial charge on any atom is -0.481 e. The van der Waals surface area contributed by atoms with Crippen LogP contribution in [-0.2, 0) is 9.59 Å². The van der Waals surface area contributed by atoms with Gasteiger partial charge in [-0.2, -0.15) is 0 Å². The van der Waals surface area contributed by atoms with Gasteiger partial charge in [-0.25, -0.2) is 0 Å². The molecule has 0 unspecified atom stereocenters. The molecular formula is C20H22N2O3. The predicted molar refractivity (Wildman–Crippen MR) is 98.2 cm³/mol. The number of carbonyl (C=O) groups is 2. The number of rotatable bonds is 3. The molecule has 130 valence electrons. The molecule has 0 saturated heterocycles. The van der Waals surface area contributed by atoms with Crippen LogP contribution in [0.1, 0.15) is 23.6 Å². The van der Waals surface area contributed by atoms with Gasteiger partial charge in [0.15, 0.2) is 6.10 Å². The largest absolute Gasteiger partial charge is 0.481 e. The number of para-hydroxylation sites is 2. The van der Waals surface area contributed by atoms with Crippen LogP contribution in [0.3, 0.4) is 0 Å². The Bertz CT molecular complexity index is 845. The molecule has 5 heteroatoms. The van der Waals surface area contributed by atoms with Crippen molar-refractivity contribution in [3.63, 3.8) is 0 Å². The van der Waals surface area contributed by atoms with E-state index in [1.165, 1.54) is 4.90 Å². The zero-order valence-electron chi connectivity index (χ0n) is 14.9. The van der Waals surface area contributed by atoms with Crippen LogP contribution < -0.4 is 15.0 Å². The maximum Gasteiger partial charge on any atom is 0.268 e. The molecule has 0 aliphatic carbocycles. The second-order valence-corrected chi connectivity index (χ2v) is 6.45. The van der Waals surface area contributed by atoms with E-state index in [-0.39, 0.29) is 18.4 Å². The third-order valence-electron chi connectivity index (χ3n) is 4.45. The molecule has 2 amide bonds. The number of hydrogen-bond donors (Lipinski definition) is 1. The molecule has 2 aromatic rings. The maximum atomic E-state index is 12.9. The molecule has 25 heavy (non-hydrogen) atoms. The summed E-state index contributed by atoms with van der Waals surface area (Å²) in [5, 5.41) is 2.78. The highest BCUT2D eigenvalue weighted by Crippen LogP contribution is 2.30. The molecular weight excluding hydrogens is 316 g/mol. The molecule has 5 nitrogen and oxygen atoms in total. The number of nitrogens with one attached hydrogen (secondary N) is 1. The molecule has 0 radical (unpaired) electrons. The third-order valence-corrected chi connectivity index (χ3v) is 4.45. The van der Waals surface area contributed by atoms with Crippen molar-refractivity contribution in [3.05, 3.63) is 53.1 Å². The summed E-state index contributed by atoms with van der Waals surface area (Å²) in [4.78, 5) is 26.3. The first-order chi connectivity index (χ1) is 11.9. The van der Waals surface area contributed by atoms with Crippen LogP contribution in [0.15, 0.2) is 36.4 Å². The summed E-state index contributed by atoms with van der Waals surface area (Å²) in [6.45, 7) is 7.71. The molecule has 1 aliphatic heterocycles. The highest BCUT2D eigenvalue weighted by molar-refractivity contribution is 6.10. The van der Waals surface area contributed by atoms with Crippen LogP contribution in [-0.4, -0.2) is 24.5 Å². The third kappa shape index (κ3) is 3.36. The quantitative estimate of drug-likeness (QED) is 0.933. The van der Waals surface area contributed by atoms with Gasteiger partial charge in [-0.05, 0) is 62.6 Å². The molecule has 3 rings (SSSR count). The van der Waals surface area contributed by atoms with Crippen molar-refractivity contribution in [1.82, 2.24) is 0 Å². The van der Waals surface area contributed by atoms with E-state index in [1.807, 2.05) is 45.0 Å². The Balaban J connectivity index is 1.85. The van der Waals surface area contributed by atoms with Crippen LogP contribution in [0.5, 0.6) is 5.75 Å². The molecule has 0 bridgehead atoms. The van der Waals surface area contributed by atoms with Crippen molar-refractivity contribution in [2.24, 2.45) is 0 Å². The van der Waals surface area contributed by atoms with Crippen molar-refractivity contribution in [2.75, 3.05) is 16.8 Å². The summed E-state index contributed by atoms with van der Waals surface area (Å²) in [6, 6.07) is 11.3. The smallest absolute Gasteiger partial charge is 0.268 e. The van der Waals surface area contributed by atoms with Gasteiger partial charge in [0.2, 0.25) is 5.91 Å². The number of benzene rings is 2. The van der Waals surface area contributed by atoms with E-state index >= 15 is 0 Å². The van der Waals surface area contributed by atoms with E-state index in [0.717, 1.165) is 16.7 Å². The lowest BCUT2D eigenvalue weighted by Crippen LogP contribution is -2.47. The molecule has 2 aromatic carbocycles. The SMILES string of the molecule is Cc1cc(C)c(C)c(O[C@@H](C)C(=O)N2CC(=O)Nc3ccccc32)c1. The van der Waals surface area contributed by atoms with Gasteiger partial charge in [-0.15, -0.1) is 0 Å². The summed E-state index contributed by atoms with van der Waals surface area (Å²) >= 11 is 0. The number of aryl methyl sites for hydroxylation is 2. The van der Waals surface area contributed by atoms with Crippen molar-refractivity contribution >= 4 is 23.2 Å². The minimum absolute atomic E-state index is 0.00459. The van der Waals surface area contributed by atoms with Crippen LogP contribution in [0.2, 0.25) is 0 Å². The summed E-state index contributed by atoms with van der Waals surface area (Å²) in [6.07, 6.45) is -0.696. The molecule has 1 heterocycles. The first-order valence-electron chi connectivity index (χ1n) is 8.31. The number of fused-ring (bicyclic) bond motifs is 1. The van der Waals surface area contributed by atoms with Crippen LogP contribution >= 0.6 is 0 Å². The van der Waals surface area contributed by atoms with E-state index in [2.05, 4.69) is 11.4 Å². The zero-order valence-corrected chi connectivity index (χ0v) is 14.9. The zero-order chi connectivity index (χ0) is 18.1. The van der Waals surface area contributed by atoms with Crippen molar-refractivity contribution in [1.29, 1.82) is 0 Å². The second kappa shape index (κ2) is 6.59. The van der Waals surface area contributed by atoms with Crippen LogP contribution in [0, 0.1) is 20.8 Å². The summed E-state index contributed by atoms with van der Waals surface area (Å²) in [7, 11) is 0. The molecule has 0 aromatic heterocycles. The molecule has 1 N–H and O–H groups in total. The summed E-state index contributed by atoms with van der Waals surface area (Å²) in [5.74, 6) is 0.260. The molecule has 0 saturated carbocycles. The average Bonchev–Trinajstić information content (AvgIpc) is 2.57. The van der Waals surface area contributed by atoms with Crippen LogP contribution in [0.4, 0.5) is 11.4 Å². The fourth-order valence-corrected chi connectivity index (χ4v) is 3.01. The monoisotopic (exact) mass is 338 g/mol. The topological polar surface area (TPSA) is 58.6 Å². The second-order valence-electron chi connectivity index (χ2n) is 6.45. The Kier molecular flexibility index (Phi) is 4.49. The lowest BCUT2D eigenvalue weighted by atomic mass is 10.1. The number of carbonyl (C=O) groups excluding carboxylic acids is 2. The molecule has 1 atom stereocenters. The number of anilines is 2. The Morgan fingerprint density at radius 1 is 1.20 bits per heavy atom. The fourth-order valence-electron chi connectivity index (χ4n) is 3.01. The Morgan fingerprint density at radius 2 is 1.92 bits per heavy atom. The van der Waals surface area contributed by atoms with E-state index in [4.69, 9.17) is 4.74 Å². The number of amides is 2. The van der Waals surface area contributed by atoms with Crippen molar-refractivity contribution in [3.8, 4) is 5.75 Å². The van der Waals surface area contributed by atoms with Gasteiger partial charge in [0.25, 0.3) is 5.91 Å². The minimum atomic E-state index is -0.696. The molecule has 1 aliphatic rings. The summed E-state index contributed by atoms with van der Waals surface area (Å²) < 4.78 is 5.95. The Hall–Kier alpha value is -2.82. The van der Waals surface area contributed by atoms with Gasteiger partial charge >= 0.3 is 0 Å². The van der Waals surface area contributed by atoms with E-state index in [1.54, 1.807) is 13.0 Å². The standard InChI is InChI=1S/C20H22N2O3/c1-12-9-13(2)14(3)18(10-12)25-15(4)20(24)22-11-19(23)21-16-7-5-6-8-17(16)22/h5-10,15H,11H2,1-4H3,(H,21,23)/t15-/m0/s1. The summed E-state index contributed by atoms with van der Waals surface area (Å²) in [5.41, 5.74) is 4.56. The number of ether oxygens (including phenoxy) is 1. The Labute approximate surface area is 147 Å². The van der Waals surface area contributed by atoms with Crippen LogP contribution in [0.25, 0.3) is 0 Å². The normalized spacial score (nSPS) is 14.6. The highest BCUT2D eigenvalue weighted by atomic mass is 16.5. The van der Waals surface area contributed by atoms with Gasteiger partial charge in [0, 0.05) is 0 Å². The number of hydrogen-bond acceptors (Lipinski definition) is 3. The van der Waals surface area contributed by atoms with Gasteiger partial charge in [-0.3, -0.25) is 14.5 Å². The van der Waals surface area contributed by atoms with Crippen molar-refractivity contribution < 1.29 is 14.3 Å². The van der Waals surface area contributed by atoms with E-state index in [0.29, 0.717) is 17.1 Å². The lowest BCUT2D eigenvalue weighted by Gasteiger charge is -2.31. The van der Waals surface area contributed by atoms with Gasteiger partial charge in [-0.1, -0.05) is 18.2 Å². The molecule has 0 spiro atoms. The Morgan fingerprint density at radius 3 is 2.68 bits per heavy atom. The predicted octanol–water partition coefficient (Wildman–Crippen LogP) is 3.36.